The van der Waals surface area contributed by atoms with E-state index in [0.717, 1.165) is 5.69 Å². The van der Waals surface area contributed by atoms with Gasteiger partial charge in [-0.25, -0.2) is 4.98 Å². The summed E-state index contributed by atoms with van der Waals surface area (Å²) in [5, 5.41) is 0. The van der Waals surface area contributed by atoms with Crippen molar-refractivity contribution in [2.75, 3.05) is 19.1 Å². The van der Waals surface area contributed by atoms with Crippen molar-refractivity contribution >= 4 is 11.6 Å². The van der Waals surface area contributed by atoms with Crippen molar-refractivity contribution in [1.29, 1.82) is 0 Å². The van der Waals surface area contributed by atoms with Crippen molar-refractivity contribution in [2.45, 2.75) is 27.7 Å². The molecule has 1 aliphatic carbocycles. The number of methoxy groups -OCH3 is 1. The van der Waals surface area contributed by atoms with Gasteiger partial charge in [-0.15, -0.1) is 0 Å². The molecule has 1 fully saturated rings. The zero-order valence-corrected chi connectivity index (χ0v) is 13.7. The van der Waals surface area contributed by atoms with Gasteiger partial charge in [0.2, 0.25) is 11.8 Å². The maximum absolute atomic E-state index is 12.7. The predicted octanol–water partition coefficient (Wildman–Crippen LogP) is 3.29. The Bertz CT molecular complexity index is 557. The fourth-order valence-corrected chi connectivity index (χ4v) is 2.85. The molecule has 0 N–H and O–H groups in total. The Morgan fingerprint density at radius 2 is 2.05 bits per heavy atom. The number of ether oxygens (including phenoxy) is 1. The molecule has 1 saturated carbocycles. The highest BCUT2D eigenvalue weighted by molar-refractivity contribution is 5.97. The molecule has 4 nitrogen and oxygen atoms in total. The van der Waals surface area contributed by atoms with Crippen molar-refractivity contribution in [3.05, 3.63) is 30.0 Å². The third kappa shape index (κ3) is 2.94. The van der Waals surface area contributed by atoms with Crippen LogP contribution in [0.4, 0.5) is 5.69 Å². The molecule has 2 rings (SSSR count). The Balaban J connectivity index is 2.14. The van der Waals surface area contributed by atoms with E-state index in [1.807, 2.05) is 6.07 Å². The van der Waals surface area contributed by atoms with E-state index in [-0.39, 0.29) is 17.2 Å². The number of carbonyl (C=O) groups is 1. The molecule has 21 heavy (non-hydrogen) atoms. The Morgan fingerprint density at radius 3 is 2.52 bits per heavy atom. The quantitative estimate of drug-likeness (QED) is 0.798. The Hall–Kier alpha value is -1.84. The van der Waals surface area contributed by atoms with Crippen LogP contribution in [0.1, 0.15) is 27.7 Å². The molecule has 0 bridgehead atoms. The van der Waals surface area contributed by atoms with Crippen LogP contribution in [0, 0.1) is 17.3 Å². The van der Waals surface area contributed by atoms with Crippen LogP contribution in [-0.4, -0.2) is 25.0 Å². The minimum atomic E-state index is 0.0303. The number of rotatable bonds is 4. The van der Waals surface area contributed by atoms with Crippen LogP contribution in [-0.2, 0) is 4.79 Å². The number of carbonyl (C=O) groups excluding carboxylic acids is 1. The van der Waals surface area contributed by atoms with Gasteiger partial charge in [-0.3, -0.25) is 4.79 Å². The smallest absolute Gasteiger partial charge is 0.231 e. The highest BCUT2D eigenvalue weighted by Crippen LogP contribution is 2.60. The number of anilines is 1. The molecule has 4 heteroatoms. The van der Waals surface area contributed by atoms with E-state index in [0.29, 0.717) is 11.8 Å². The minimum Gasteiger partial charge on any atom is -0.481 e. The van der Waals surface area contributed by atoms with Gasteiger partial charge in [0.15, 0.2) is 0 Å². The topological polar surface area (TPSA) is 42.4 Å². The summed E-state index contributed by atoms with van der Waals surface area (Å²) in [5.41, 5.74) is 2.08. The van der Waals surface area contributed by atoms with E-state index in [2.05, 4.69) is 38.8 Å². The van der Waals surface area contributed by atoms with Crippen molar-refractivity contribution in [1.82, 2.24) is 4.98 Å². The van der Waals surface area contributed by atoms with E-state index >= 15 is 0 Å². The summed E-state index contributed by atoms with van der Waals surface area (Å²) in [4.78, 5) is 18.6. The minimum absolute atomic E-state index is 0.0303. The number of hydrogen-bond donors (Lipinski definition) is 0. The molecule has 0 spiro atoms. The molecule has 114 valence electrons. The van der Waals surface area contributed by atoms with Crippen LogP contribution in [0.25, 0.3) is 0 Å². The van der Waals surface area contributed by atoms with E-state index in [9.17, 15) is 4.79 Å². The van der Waals surface area contributed by atoms with Crippen LogP contribution in [0.5, 0.6) is 5.88 Å². The average Bonchev–Trinajstić information content (AvgIpc) is 2.97. The molecule has 0 saturated heterocycles. The first kappa shape index (κ1) is 15.5. The summed E-state index contributed by atoms with van der Waals surface area (Å²) in [6.45, 7) is 8.46. The molecule has 1 amide bonds. The molecule has 1 aromatic rings. The molecule has 0 radical (unpaired) electrons. The molecule has 1 aromatic heterocycles. The van der Waals surface area contributed by atoms with E-state index in [1.54, 1.807) is 31.3 Å². The summed E-state index contributed by atoms with van der Waals surface area (Å²) in [7, 11) is 3.38. The van der Waals surface area contributed by atoms with Crippen LogP contribution in [0.3, 0.4) is 0 Å². The van der Waals surface area contributed by atoms with Crippen molar-refractivity contribution in [2.24, 2.45) is 17.3 Å². The van der Waals surface area contributed by atoms with Gasteiger partial charge in [0, 0.05) is 13.1 Å². The van der Waals surface area contributed by atoms with Crippen molar-refractivity contribution < 1.29 is 9.53 Å². The number of allylic oxidation sites excluding steroid dienone is 2. The molecule has 1 aliphatic rings. The molecule has 0 aliphatic heterocycles. The first-order chi connectivity index (χ1) is 9.78. The summed E-state index contributed by atoms with van der Waals surface area (Å²) < 4.78 is 5.04. The number of aromatic nitrogens is 1. The maximum Gasteiger partial charge on any atom is 0.231 e. The van der Waals surface area contributed by atoms with Gasteiger partial charge in [0.1, 0.15) is 0 Å². The average molecular weight is 288 g/mol. The van der Waals surface area contributed by atoms with Crippen LogP contribution < -0.4 is 9.64 Å². The Kier molecular flexibility index (Phi) is 4.08. The fourth-order valence-electron chi connectivity index (χ4n) is 2.85. The lowest BCUT2D eigenvalue weighted by Crippen LogP contribution is -2.29. The number of hydrogen-bond acceptors (Lipinski definition) is 3. The molecule has 0 unspecified atom stereocenters. The number of amides is 1. The van der Waals surface area contributed by atoms with Crippen LogP contribution in [0.15, 0.2) is 30.0 Å². The second-order valence-electron chi connectivity index (χ2n) is 6.52. The summed E-state index contributed by atoms with van der Waals surface area (Å²) in [6, 6.07) is 3.62. The van der Waals surface area contributed by atoms with Gasteiger partial charge in [0.25, 0.3) is 0 Å². The fraction of sp³-hybridized carbons (Fsp3) is 0.529. The van der Waals surface area contributed by atoms with Gasteiger partial charge in [0.05, 0.1) is 24.9 Å². The second-order valence-corrected chi connectivity index (χ2v) is 6.52. The monoisotopic (exact) mass is 288 g/mol. The zero-order chi connectivity index (χ0) is 15.8. The highest BCUT2D eigenvalue weighted by Gasteiger charge is 2.61. The molecule has 0 aromatic carbocycles. The van der Waals surface area contributed by atoms with Gasteiger partial charge in [-0.1, -0.05) is 25.5 Å². The third-order valence-corrected chi connectivity index (χ3v) is 4.34. The lowest BCUT2D eigenvalue weighted by molar-refractivity contribution is -0.120. The molecular formula is C17H24N2O2. The van der Waals surface area contributed by atoms with Gasteiger partial charge < -0.3 is 9.64 Å². The predicted molar refractivity (Wildman–Crippen MR) is 84.4 cm³/mol. The lowest BCUT2D eigenvalue weighted by atomic mass is 10.1. The first-order valence-electron chi connectivity index (χ1n) is 7.21. The number of nitrogens with zero attached hydrogens (tertiary/aromatic N) is 2. The third-order valence-electron chi connectivity index (χ3n) is 4.34. The van der Waals surface area contributed by atoms with E-state index < -0.39 is 0 Å². The largest absolute Gasteiger partial charge is 0.481 e. The maximum atomic E-state index is 12.7. The van der Waals surface area contributed by atoms with Gasteiger partial charge >= 0.3 is 0 Å². The molecule has 2 atom stereocenters. The normalized spacial score (nSPS) is 22.4. The lowest BCUT2D eigenvalue weighted by Gasteiger charge is -2.18. The zero-order valence-electron chi connectivity index (χ0n) is 13.7. The van der Waals surface area contributed by atoms with E-state index in [4.69, 9.17) is 4.74 Å². The number of pyridine rings is 1. The standard InChI is InChI=1S/C17H24N2O2/c1-11(2)9-13-15(17(13,3)4)16(20)19(5)12-7-8-14(21-6)18-10-12/h7-10,13,15H,1-6H3/t13-,15+/m1/s1. The Labute approximate surface area is 126 Å². The van der Waals surface area contributed by atoms with Gasteiger partial charge in [-0.2, -0.15) is 0 Å². The first-order valence-corrected chi connectivity index (χ1v) is 7.21. The van der Waals surface area contributed by atoms with Crippen LogP contribution >= 0.6 is 0 Å². The molecule has 1 heterocycles. The van der Waals surface area contributed by atoms with Crippen molar-refractivity contribution in [3.63, 3.8) is 0 Å². The SMILES string of the molecule is COc1ccc(N(C)C(=O)[C@@H]2[C@@H](C=C(C)C)C2(C)C)cn1. The summed E-state index contributed by atoms with van der Waals surface area (Å²) in [5.74, 6) is 1.06. The second kappa shape index (κ2) is 5.51. The summed E-state index contributed by atoms with van der Waals surface area (Å²) in [6.07, 6.45) is 3.88. The van der Waals surface area contributed by atoms with Gasteiger partial charge in [-0.05, 0) is 31.2 Å². The van der Waals surface area contributed by atoms with Crippen LogP contribution in [0.2, 0.25) is 0 Å². The molecular weight excluding hydrogens is 264 g/mol. The van der Waals surface area contributed by atoms with Crippen molar-refractivity contribution in [3.8, 4) is 5.88 Å². The summed E-state index contributed by atoms with van der Waals surface area (Å²) >= 11 is 0. The Morgan fingerprint density at radius 1 is 1.38 bits per heavy atom. The van der Waals surface area contributed by atoms with E-state index in [1.165, 1.54) is 5.57 Å². The highest BCUT2D eigenvalue weighted by atomic mass is 16.5.